The Hall–Kier alpha value is -5.56. The van der Waals surface area contributed by atoms with Gasteiger partial charge in [0.2, 0.25) is 41.4 Å². The molecule has 2 aromatic rings. The number of fused-ring (bicyclic) bond motifs is 1. The maximum atomic E-state index is 14.7. The van der Waals surface area contributed by atoms with Gasteiger partial charge in [0.05, 0.1) is 6.04 Å². The van der Waals surface area contributed by atoms with Crippen molar-refractivity contribution in [2.45, 2.75) is 160 Å². The molecule has 19 nitrogen and oxygen atoms in total. The lowest BCUT2D eigenvalue weighted by Crippen LogP contribution is -2.61. The Bertz CT molecular complexity index is 2130. The molecule has 0 bridgehead atoms. The number of hydrogen-bond acceptors (Lipinski definition) is 10. The number of H-pyrrole nitrogens is 1. The number of aliphatic carboxylic acids is 1. The first-order valence-corrected chi connectivity index (χ1v) is 24.4. The Morgan fingerprint density at radius 3 is 1.85 bits per heavy atom. The molecule has 19 heteroatoms. The number of carbonyl (C=O) groups is 8. The Balaban J connectivity index is 1.19. The highest BCUT2D eigenvalue weighted by Crippen LogP contribution is 2.30. The number of carbonyl (C=O) groups excluding carboxylic acids is 7. The highest BCUT2D eigenvalue weighted by molar-refractivity contribution is 5.99. The van der Waals surface area contributed by atoms with Crippen molar-refractivity contribution in [2.24, 2.45) is 23.3 Å². The lowest BCUT2D eigenvalue weighted by molar-refractivity contribution is -0.151. The molecule has 5 heterocycles. The number of carboxylic acids is 1. The molecular formula is C48H72N10O9. The van der Waals surface area contributed by atoms with Gasteiger partial charge in [0.1, 0.15) is 42.3 Å². The number of para-hydroxylation sites is 1. The summed E-state index contributed by atoms with van der Waals surface area (Å²) in [5, 5.41) is 19.1. The van der Waals surface area contributed by atoms with E-state index in [1.165, 1.54) is 9.80 Å². The molecule has 0 saturated carbocycles. The highest BCUT2D eigenvalue weighted by atomic mass is 16.4. The van der Waals surface area contributed by atoms with Gasteiger partial charge in [-0.2, -0.15) is 0 Å². The van der Waals surface area contributed by atoms with Crippen LogP contribution in [0.2, 0.25) is 0 Å². The highest BCUT2D eigenvalue weighted by Gasteiger charge is 2.47. The Labute approximate surface area is 392 Å². The van der Waals surface area contributed by atoms with Crippen LogP contribution in [0.15, 0.2) is 30.5 Å². The smallest absolute Gasteiger partial charge is 0.326 e. The molecular weight excluding hydrogens is 861 g/mol. The Kier molecular flexibility index (Phi) is 17.4. The van der Waals surface area contributed by atoms with E-state index < -0.39 is 83.9 Å². The number of carboxylic acid groups (broad SMARTS) is 1. The van der Waals surface area contributed by atoms with Crippen LogP contribution < -0.4 is 27.4 Å². The minimum atomic E-state index is -1.19. The quantitative estimate of drug-likeness (QED) is 0.0932. The van der Waals surface area contributed by atoms with Crippen molar-refractivity contribution >= 4 is 58.2 Å². The molecule has 1 aromatic carbocycles. The largest absolute Gasteiger partial charge is 0.480 e. The average molecular weight is 933 g/mol. The SMILES string of the molecule is CC[C@H](C)[C@H](NC(=O)[C@H](Cc1c[nH]c2ccccc12)NC(=O)[C@@H]1CCCN1C(=O)[C@@H]1CCCN1C(=O)[C@@H]1CCCN1C(=O)[C@@H](N)CCCCN)C(=O)N1CCC[C@H]1C(=O)N[C@H](C(=O)O)C(C)C. The van der Waals surface area contributed by atoms with Crippen LogP contribution in [-0.4, -0.2) is 158 Å². The number of unbranched alkanes of at least 4 members (excludes halogenated alkanes) is 1. The van der Waals surface area contributed by atoms with Gasteiger partial charge >= 0.3 is 5.97 Å². The standard InChI is InChI=1S/C48H72N10O9/c1-5-29(4)40(47(65)56-23-11-18-36(56)43(61)53-39(28(2)3)48(66)67)54-41(59)34(26-30-27-51-33-16-7-6-14-31(30)33)52-42(60)35-17-10-22-55(35)45(63)38-20-13-25-58(38)46(64)37-19-12-24-57(37)44(62)32(50)15-8-9-21-49/h6-7,14,16,27-29,32,34-40,51H,5,8-13,15,17-26,49-50H2,1-4H3,(H,52,60)(H,53,61)(H,54,59)(H,66,67)/t29-,32-,34-,35-,36-,37-,38-,39-,40-/m0/s1. The number of aromatic amines is 1. The summed E-state index contributed by atoms with van der Waals surface area (Å²) in [6.07, 6.45) is 8.01. The van der Waals surface area contributed by atoms with Crippen molar-refractivity contribution in [3.05, 3.63) is 36.0 Å². The molecule has 4 fully saturated rings. The van der Waals surface area contributed by atoms with Crippen LogP contribution in [-0.2, 0) is 44.8 Å². The molecule has 0 radical (unpaired) electrons. The van der Waals surface area contributed by atoms with Crippen LogP contribution in [0.5, 0.6) is 0 Å². The van der Waals surface area contributed by atoms with Crippen molar-refractivity contribution in [2.75, 3.05) is 32.7 Å². The number of benzene rings is 1. The lowest BCUT2D eigenvalue weighted by atomic mass is 9.96. The fraction of sp³-hybridized carbons (Fsp3) is 0.667. The summed E-state index contributed by atoms with van der Waals surface area (Å²) in [5.74, 6) is -5.11. The summed E-state index contributed by atoms with van der Waals surface area (Å²) in [4.78, 5) is 120. The van der Waals surface area contributed by atoms with Crippen LogP contribution in [0.1, 0.15) is 110 Å². The summed E-state index contributed by atoms with van der Waals surface area (Å²) in [6.45, 7) is 8.84. The Morgan fingerprint density at radius 2 is 1.25 bits per heavy atom. The van der Waals surface area contributed by atoms with Crippen molar-refractivity contribution in [1.82, 2.24) is 40.5 Å². The van der Waals surface area contributed by atoms with E-state index in [9.17, 15) is 43.5 Å². The molecule has 0 spiro atoms. The second-order valence-corrected chi connectivity index (χ2v) is 19.2. The molecule has 4 aliphatic rings. The first-order chi connectivity index (χ1) is 32.1. The van der Waals surface area contributed by atoms with Gasteiger partial charge in [-0.15, -0.1) is 0 Å². The lowest BCUT2D eigenvalue weighted by Gasteiger charge is -2.35. The van der Waals surface area contributed by atoms with Gasteiger partial charge in [0.15, 0.2) is 0 Å². The normalized spacial score (nSPS) is 23.0. The Morgan fingerprint density at radius 1 is 0.716 bits per heavy atom. The number of nitrogens with one attached hydrogen (secondary N) is 4. The fourth-order valence-corrected chi connectivity index (χ4v) is 10.3. The molecule has 67 heavy (non-hydrogen) atoms. The van der Waals surface area contributed by atoms with Gasteiger partial charge in [-0.3, -0.25) is 33.6 Å². The average Bonchev–Trinajstić information content (AvgIpc) is 4.18. The zero-order valence-corrected chi connectivity index (χ0v) is 39.5. The van der Waals surface area contributed by atoms with E-state index in [-0.39, 0.29) is 43.1 Å². The molecule has 9 atom stereocenters. The van der Waals surface area contributed by atoms with Crippen molar-refractivity contribution < 1.29 is 43.5 Å². The predicted octanol–water partition coefficient (Wildman–Crippen LogP) is 1.37. The molecule has 9 N–H and O–H groups in total. The second-order valence-electron chi connectivity index (χ2n) is 19.2. The summed E-state index contributed by atoms with van der Waals surface area (Å²) in [6, 6.07) is -0.0214. The molecule has 0 unspecified atom stereocenters. The number of amides is 7. The maximum absolute atomic E-state index is 14.7. The second kappa shape index (κ2) is 23.0. The number of nitrogens with zero attached hydrogens (tertiary/aromatic N) is 4. The molecule has 0 aliphatic carbocycles. The molecule has 6 rings (SSSR count). The first-order valence-electron chi connectivity index (χ1n) is 24.4. The first kappa shape index (κ1) is 50.8. The summed E-state index contributed by atoms with van der Waals surface area (Å²) >= 11 is 0. The zero-order chi connectivity index (χ0) is 48.5. The van der Waals surface area contributed by atoms with Gasteiger partial charge in [-0.25, -0.2) is 4.79 Å². The minimum Gasteiger partial charge on any atom is -0.480 e. The number of rotatable bonds is 20. The molecule has 368 valence electrons. The molecule has 4 aliphatic heterocycles. The van der Waals surface area contributed by atoms with Gasteiger partial charge in [-0.05, 0) is 94.2 Å². The zero-order valence-electron chi connectivity index (χ0n) is 39.5. The monoisotopic (exact) mass is 933 g/mol. The van der Waals surface area contributed by atoms with Crippen LogP contribution in [0.4, 0.5) is 0 Å². The molecule has 7 amide bonds. The van der Waals surface area contributed by atoms with Gasteiger partial charge in [-0.1, -0.05) is 58.7 Å². The van der Waals surface area contributed by atoms with Crippen LogP contribution >= 0.6 is 0 Å². The van der Waals surface area contributed by atoms with Crippen molar-refractivity contribution in [1.29, 1.82) is 0 Å². The third-order valence-electron chi connectivity index (χ3n) is 14.3. The maximum Gasteiger partial charge on any atom is 0.326 e. The topological polar surface area (TPSA) is 274 Å². The third-order valence-corrected chi connectivity index (χ3v) is 14.3. The van der Waals surface area contributed by atoms with Crippen molar-refractivity contribution in [3.63, 3.8) is 0 Å². The fourth-order valence-electron chi connectivity index (χ4n) is 10.3. The van der Waals surface area contributed by atoms with Gasteiger partial charge in [0.25, 0.3) is 0 Å². The van der Waals surface area contributed by atoms with Crippen LogP contribution in [0.25, 0.3) is 10.9 Å². The van der Waals surface area contributed by atoms with Gasteiger partial charge in [0, 0.05) is 49.7 Å². The minimum absolute atomic E-state index is 0.0440. The number of hydrogen-bond donors (Lipinski definition) is 7. The van der Waals surface area contributed by atoms with Crippen LogP contribution in [0, 0.1) is 11.8 Å². The summed E-state index contributed by atoms with van der Waals surface area (Å²) < 4.78 is 0. The van der Waals surface area contributed by atoms with Crippen molar-refractivity contribution in [3.8, 4) is 0 Å². The number of likely N-dealkylation sites (tertiary alicyclic amines) is 4. The summed E-state index contributed by atoms with van der Waals surface area (Å²) in [5.41, 5.74) is 13.5. The molecule has 4 saturated heterocycles. The number of nitrogens with two attached hydrogens (primary N) is 2. The van der Waals surface area contributed by atoms with E-state index in [0.717, 1.165) is 22.9 Å². The number of aromatic nitrogens is 1. The van der Waals surface area contributed by atoms with E-state index in [4.69, 9.17) is 11.5 Å². The summed E-state index contributed by atoms with van der Waals surface area (Å²) in [7, 11) is 0. The van der Waals surface area contributed by atoms with Gasteiger partial charge < -0.3 is 57.1 Å². The molecule has 1 aromatic heterocycles. The van der Waals surface area contributed by atoms with E-state index in [2.05, 4.69) is 20.9 Å². The predicted molar refractivity (Wildman–Crippen MR) is 250 cm³/mol. The van der Waals surface area contributed by atoms with Crippen LogP contribution in [0.3, 0.4) is 0 Å². The van der Waals surface area contributed by atoms with E-state index in [1.54, 1.807) is 29.8 Å². The van der Waals surface area contributed by atoms with E-state index in [1.807, 2.05) is 38.1 Å². The van der Waals surface area contributed by atoms with E-state index >= 15 is 0 Å². The van der Waals surface area contributed by atoms with E-state index in [0.29, 0.717) is 90.3 Å². The third kappa shape index (κ3) is 11.6.